The largest absolute Gasteiger partial charge is 0.462 e. The molecule has 0 radical (unpaired) electrons. The zero-order valence-electron chi connectivity index (χ0n) is 9.62. The minimum absolute atomic E-state index is 0.0744. The summed E-state index contributed by atoms with van der Waals surface area (Å²) in [5, 5.41) is 3.19. The summed E-state index contributed by atoms with van der Waals surface area (Å²) in [7, 11) is 0. The number of ether oxygens (including phenoxy) is 2. The van der Waals surface area contributed by atoms with Crippen molar-refractivity contribution >= 4 is 5.97 Å². The highest BCUT2D eigenvalue weighted by Crippen LogP contribution is 2.11. The van der Waals surface area contributed by atoms with Crippen LogP contribution in [0.3, 0.4) is 0 Å². The molecule has 4 nitrogen and oxygen atoms in total. The van der Waals surface area contributed by atoms with Crippen molar-refractivity contribution in [1.82, 2.24) is 5.32 Å². The van der Waals surface area contributed by atoms with Gasteiger partial charge in [-0.15, -0.1) is 0 Å². The quantitative estimate of drug-likeness (QED) is 0.698. The number of carbonyl (C=O) groups is 1. The average Bonchev–Trinajstić information content (AvgIpc) is 2.18. The second kappa shape index (κ2) is 6.80. The van der Waals surface area contributed by atoms with Crippen molar-refractivity contribution in [1.29, 1.82) is 0 Å². The van der Waals surface area contributed by atoms with Crippen LogP contribution in [0.5, 0.6) is 0 Å². The Morgan fingerprint density at radius 1 is 1.47 bits per heavy atom. The third-order valence-electron chi connectivity index (χ3n) is 2.35. The first-order valence-electron chi connectivity index (χ1n) is 5.69. The fraction of sp³-hybridized carbons (Fsp3) is 0.909. The van der Waals surface area contributed by atoms with E-state index in [-0.39, 0.29) is 12.1 Å². The van der Waals surface area contributed by atoms with Gasteiger partial charge in [0.2, 0.25) is 0 Å². The minimum Gasteiger partial charge on any atom is -0.462 e. The highest BCUT2D eigenvalue weighted by Gasteiger charge is 2.17. The van der Waals surface area contributed by atoms with Gasteiger partial charge < -0.3 is 14.8 Å². The van der Waals surface area contributed by atoms with Gasteiger partial charge in [0.15, 0.2) is 0 Å². The molecule has 0 saturated carbocycles. The molecule has 0 spiro atoms. The summed E-state index contributed by atoms with van der Waals surface area (Å²) in [5.41, 5.74) is 0. The summed E-state index contributed by atoms with van der Waals surface area (Å²) in [6.07, 6.45) is 2.20. The van der Waals surface area contributed by atoms with Crippen molar-refractivity contribution in [3.8, 4) is 0 Å². The molecule has 1 fully saturated rings. The van der Waals surface area contributed by atoms with Crippen LogP contribution in [0.4, 0.5) is 0 Å². The van der Waals surface area contributed by atoms with E-state index >= 15 is 0 Å². The molecule has 1 aliphatic rings. The van der Waals surface area contributed by atoms with Crippen LogP contribution in [-0.2, 0) is 14.3 Å². The molecule has 1 aliphatic heterocycles. The molecule has 0 aromatic heterocycles. The fourth-order valence-electron chi connectivity index (χ4n) is 1.50. The molecule has 1 rings (SSSR count). The van der Waals surface area contributed by atoms with E-state index in [4.69, 9.17) is 9.47 Å². The molecular weight excluding hydrogens is 194 g/mol. The Hall–Kier alpha value is -0.610. The molecule has 1 saturated heterocycles. The van der Waals surface area contributed by atoms with E-state index < -0.39 is 0 Å². The molecule has 0 aromatic rings. The molecule has 0 aliphatic carbocycles. The lowest BCUT2D eigenvalue weighted by molar-refractivity contribution is -0.153. The van der Waals surface area contributed by atoms with E-state index in [0.29, 0.717) is 32.2 Å². The van der Waals surface area contributed by atoms with Gasteiger partial charge in [-0.2, -0.15) is 0 Å². The molecule has 0 unspecified atom stereocenters. The SMILES string of the molecule is CC(C)NCCC(=O)OC1CCOCC1. The van der Waals surface area contributed by atoms with Crippen molar-refractivity contribution in [2.75, 3.05) is 19.8 Å². The summed E-state index contributed by atoms with van der Waals surface area (Å²) in [4.78, 5) is 11.4. The Bertz CT molecular complexity index is 188. The molecule has 4 heteroatoms. The van der Waals surface area contributed by atoms with Crippen LogP contribution in [0, 0.1) is 0 Å². The summed E-state index contributed by atoms with van der Waals surface area (Å²) >= 11 is 0. The average molecular weight is 215 g/mol. The van der Waals surface area contributed by atoms with Gasteiger partial charge in [0.25, 0.3) is 0 Å². The van der Waals surface area contributed by atoms with Crippen LogP contribution in [0.25, 0.3) is 0 Å². The number of esters is 1. The predicted octanol–water partition coefficient (Wildman–Crippen LogP) is 1.10. The van der Waals surface area contributed by atoms with E-state index in [1.54, 1.807) is 0 Å². The van der Waals surface area contributed by atoms with Gasteiger partial charge in [0.1, 0.15) is 6.10 Å². The first-order chi connectivity index (χ1) is 7.18. The predicted molar refractivity (Wildman–Crippen MR) is 57.7 cm³/mol. The van der Waals surface area contributed by atoms with Gasteiger partial charge in [-0.1, -0.05) is 13.8 Å². The third-order valence-corrected chi connectivity index (χ3v) is 2.35. The van der Waals surface area contributed by atoms with Crippen LogP contribution < -0.4 is 5.32 Å². The molecule has 0 bridgehead atoms. The van der Waals surface area contributed by atoms with E-state index in [1.807, 2.05) is 0 Å². The molecule has 1 heterocycles. The summed E-state index contributed by atoms with van der Waals surface area (Å²) in [6.45, 7) is 6.23. The van der Waals surface area contributed by atoms with Crippen LogP contribution in [0.2, 0.25) is 0 Å². The number of rotatable bonds is 5. The van der Waals surface area contributed by atoms with Crippen molar-refractivity contribution in [2.45, 2.75) is 45.3 Å². The van der Waals surface area contributed by atoms with Crippen LogP contribution in [-0.4, -0.2) is 37.9 Å². The molecule has 88 valence electrons. The number of nitrogens with one attached hydrogen (secondary N) is 1. The Labute approximate surface area is 91.3 Å². The van der Waals surface area contributed by atoms with Gasteiger partial charge in [0.05, 0.1) is 19.6 Å². The maximum Gasteiger partial charge on any atom is 0.307 e. The maximum atomic E-state index is 11.4. The topological polar surface area (TPSA) is 47.6 Å². The van der Waals surface area contributed by atoms with Gasteiger partial charge >= 0.3 is 5.97 Å². The molecular formula is C11H21NO3. The number of carbonyl (C=O) groups excluding carboxylic acids is 1. The van der Waals surface area contributed by atoms with Crippen LogP contribution >= 0.6 is 0 Å². The number of hydrogen-bond acceptors (Lipinski definition) is 4. The zero-order chi connectivity index (χ0) is 11.1. The Morgan fingerprint density at radius 3 is 2.73 bits per heavy atom. The molecule has 15 heavy (non-hydrogen) atoms. The standard InChI is InChI=1S/C11H21NO3/c1-9(2)12-6-3-11(13)15-10-4-7-14-8-5-10/h9-10,12H,3-8H2,1-2H3. The summed E-state index contributed by atoms with van der Waals surface area (Å²) in [5.74, 6) is -0.102. The van der Waals surface area contributed by atoms with Gasteiger partial charge in [-0.3, -0.25) is 4.79 Å². The highest BCUT2D eigenvalue weighted by atomic mass is 16.6. The smallest absolute Gasteiger partial charge is 0.307 e. The van der Waals surface area contributed by atoms with Crippen molar-refractivity contribution in [3.63, 3.8) is 0 Å². The molecule has 1 N–H and O–H groups in total. The zero-order valence-corrected chi connectivity index (χ0v) is 9.62. The fourth-order valence-corrected chi connectivity index (χ4v) is 1.50. The third kappa shape index (κ3) is 5.74. The Kier molecular flexibility index (Phi) is 5.65. The van der Waals surface area contributed by atoms with E-state index in [2.05, 4.69) is 19.2 Å². The van der Waals surface area contributed by atoms with Crippen molar-refractivity contribution in [3.05, 3.63) is 0 Å². The highest BCUT2D eigenvalue weighted by molar-refractivity contribution is 5.69. The van der Waals surface area contributed by atoms with E-state index in [1.165, 1.54) is 0 Å². The molecule has 0 atom stereocenters. The van der Waals surface area contributed by atoms with E-state index in [0.717, 1.165) is 12.8 Å². The van der Waals surface area contributed by atoms with Crippen LogP contribution in [0.1, 0.15) is 33.1 Å². The summed E-state index contributed by atoms with van der Waals surface area (Å²) < 4.78 is 10.5. The Balaban J connectivity index is 2.06. The minimum atomic E-state index is -0.102. The van der Waals surface area contributed by atoms with Crippen molar-refractivity contribution < 1.29 is 14.3 Å². The van der Waals surface area contributed by atoms with Gasteiger partial charge in [-0.05, 0) is 0 Å². The maximum absolute atomic E-state index is 11.4. The van der Waals surface area contributed by atoms with Gasteiger partial charge in [0, 0.05) is 25.4 Å². The first-order valence-corrected chi connectivity index (χ1v) is 5.69. The first kappa shape index (κ1) is 12.5. The second-order valence-electron chi connectivity index (χ2n) is 4.16. The monoisotopic (exact) mass is 215 g/mol. The van der Waals surface area contributed by atoms with E-state index in [9.17, 15) is 4.79 Å². The molecule has 0 amide bonds. The van der Waals surface area contributed by atoms with Crippen molar-refractivity contribution in [2.24, 2.45) is 0 Å². The molecule has 0 aromatic carbocycles. The van der Waals surface area contributed by atoms with Crippen LogP contribution in [0.15, 0.2) is 0 Å². The van der Waals surface area contributed by atoms with Gasteiger partial charge in [-0.25, -0.2) is 0 Å². The lowest BCUT2D eigenvalue weighted by atomic mass is 10.1. The normalized spacial score (nSPS) is 18.1. The lowest BCUT2D eigenvalue weighted by Crippen LogP contribution is -2.29. The Morgan fingerprint density at radius 2 is 2.13 bits per heavy atom. The number of hydrogen-bond donors (Lipinski definition) is 1. The lowest BCUT2D eigenvalue weighted by Gasteiger charge is -2.22. The second-order valence-corrected chi connectivity index (χ2v) is 4.16. The summed E-state index contributed by atoms with van der Waals surface area (Å²) in [6, 6.07) is 0.417.